The van der Waals surface area contributed by atoms with Crippen LogP contribution >= 0.6 is 0 Å². The van der Waals surface area contributed by atoms with Crippen LogP contribution in [0.1, 0.15) is 30.9 Å². The summed E-state index contributed by atoms with van der Waals surface area (Å²) in [5.41, 5.74) is 0.931. The van der Waals surface area contributed by atoms with Gasteiger partial charge in [-0.15, -0.1) is 0 Å². The number of aryl methyl sites for hydroxylation is 1. The summed E-state index contributed by atoms with van der Waals surface area (Å²) in [7, 11) is 0. The second-order valence-electron chi connectivity index (χ2n) is 3.97. The largest absolute Gasteiger partial charge is 2.00 e. The number of carboxylic acids is 2. The number of aliphatic carboxylic acids is 2. The smallest absolute Gasteiger partial charge is 0.545 e. The molecule has 0 aromatic heterocycles. The zero-order valence-electron chi connectivity index (χ0n) is 10.8. The summed E-state index contributed by atoms with van der Waals surface area (Å²) in [6.07, 6.45) is 3.41. The standard InChI is InChI=1S/C14H16O4.Ca/c1-2-3-5-10-6-4-7-11(8-10)12(14(17)18)9-13(15)16;/h4,6-9H,2-3,5H2,1H3,(H,15,16)(H,17,18);/q;+2/p-2/b12-9-;. The van der Waals surface area contributed by atoms with Gasteiger partial charge in [0.2, 0.25) is 0 Å². The molecule has 1 aromatic rings. The van der Waals surface area contributed by atoms with Crippen LogP contribution in [0.15, 0.2) is 30.3 Å². The van der Waals surface area contributed by atoms with Crippen molar-refractivity contribution in [1.29, 1.82) is 0 Å². The predicted molar refractivity (Wildman–Crippen MR) is 68.8 cm³/mol. The van der Waals surface area contributed by atoms with Crippen molar-refractivity contribution in [3.8, 4) is 0 Å². The maximum Gasteiger partial charge on any atom is 2.00 e. The molecule has 0 saturated carbocycles. The van der Waals surface area contributed by atoms with Gasteiger partial charge in [0, 0.05) is 5.57 Å². The Balaban J connectivity index is 0.00000324. The van der Waals surface area contributed by atoms with E-state index in [0.717, 1.165) is 24.8 Å². The summed E-state index contributed by atoms with van der Waals surface area (Å²) < 4.78 is 0. The van der Waals surface area contributed by atoms with Gasteiger partial charge in [-0.3, -0.25) is 0 Å². The van der Waals surface area contributed by atoms with Crippen LogP contribution < -0.4 is 10.2 Å². The first-order valence-electron chi connectivity index (χ1n) is 5.78. The molecule has 1 rings (SSSR count). The Kier molecular flexibility index (Phi) is 8.72. The topological polar surface area (TPSA) is 80.3 Å². The van der Waals surface area contributed by atoms with Crippen LogP contribution in [0.3, 0.4) is 0 Å². The molecule has 0 unspecified atom stereocenters. The first-order chi connectivity index (χ1) is 8.54. The Hall–Kier alpha value is -0.840. The average molecular weight is 286 g/mol. The van der Waals surface area contributed by atoms with Gasteiger partial charge in [0.15, 0.2) is 0 Å². The molecule has 0 heterocycles. The number of carbonyl (C=O) groups is 2. The van der Waals surface area contributed by atoms with E-state index >= 15 is 0 Å². The van der Waals surface area contributed by atoms with Crippen LogP contribution in [0.4, 0.5) is 0 Å². The Morgan fingerprint density at radius 2 is 1.95 bits per heavy atom. The van der Waals surface area contributed by atoms with Crippen LogP contribution in [0.25, 0.3) is 5.57 Å². The van der Waals surface area contributed by atoms with E-state index in [1.807, 2.05) is 6.07 Å². The minimum atomic E-state index is -1.55. The molecule has 0 radical (unpaired) electrons. The minimum Gasteiger partial charge on any atom is -0.545 e. The van der Waals surface area contributed by atoms with Crippen molar-refractivity contribution in [1.82, 2.24) is 0 Å². The fraction of sp³-hybridized carbons (Fsp3) is 0.286. The molecule has 0 aliphatic rings. The van der Waals surface area contributed by atoms with Crippen molar-refractivity contribution >= 4 is 55.2 Å². The fourth-order valence-electron chi connectivity index (χ4n) is 1.65. The maximum atomic E-state index is 10.9. The van der Waals surface area contributed by atoms with Gasteiger partial charge in [-0.05, 0) is 30.0 Å². The molecule has 0 amide bonds. The second-order valence-corrected chi connectivity index (χ2v) is 3.97. The third-order valence-electron chi connectivity index (χ3n) is 2.54. The van der Waals surface area contributed by atoms with E-state index in [-0.39, 0.29) is 43.3 Å². The SMILES string of the molecule is CCCCc1cccc(/C(=C/C(=O)[O-])C(=O)[O-])c1.[Ca+2]. The summed E-state index contributed by atoms with van der Waals surface area (Å²) in [4.78, 5) is 21.4. The molecule has 0 fully saturated rings. The van der Waals surface area contributed by atoms with Crippen LogP contribution in [-0.4, -0.2) is 49.7 Å². The van der Waals surface area contributed by atoms with E-state index in [9.17, 15) is 19.8 Å². The van der Waals surface area contributed by atoms with Crippen LogP contribution in [0, 0.1) is 0 Å². The number of hydrogen-bond acceptors (Lipinski definition) is 4. The Morgan fingerprint density at radius 1 is 1.26 bits per heavy atom. The first kappa shape index (κ1) is 18.2. The van der Waals surface area contributed by atoms with Crippen molar-refractivity contribution in [2.24, 2.45) is 0 Å². The molecule has 0 aliphatic heterocycles. The zero-order chi connectivity index (χ0) is 13.5. The Morgan fingerprint density at radius 3 is 2.47 bits per heavy atom. The van der Waals surface area contributed by atoms with Crippen LogP contribution in [0.2, 0.25) is 0 Å². The zero-order valence-corrected chi connectivity index (χ0v) is 13.1. The van der Waals surface area contributed by atoms with E-state index in [1.54, 1.807) is 18.2 Å². The molecule has 0 bridgehead atoms. The van der Waals surface area contributed by atoms with Crippen molar-refractivity contribution in [2.75, 3.05) is 0 Å². The van der Waals surface area contributed by atoms with Gasteiger partial charge in [-0.1, -0.05) is 37.6 Å². The molecule has 0 saturated heterocycles. The van der Waals surface area contributed by atoms with Gasteiger partial charge < -0.3 is 19.8 Å². The van der Waals surface area contributed by atoms with Gasteiger partial charge in [-0.25, -0.2) is 0 Å². The number of carbonyl (C=O) groups excluding carboxylic acids is 2. The number of carboxylic acid groups (broad SMARTS) is 2. The molecule has 19 heavy (non-hydrogen) atoms. The molecule has 0 N–H and O–H groups in total. The molecule has 5 heteroatoms. The van der Waals surface area contributed by atoms with Gasteiger partial charge >= 0.3 is 37.7 Å². The molecular formula is C14H14CaO4. The molecule has 1 aromatic carbocycles. The number of benzene rings is 1. The summed E-state index contributed by atoms with van der Waals surface area (Å²) >= 11 is 0. The van der Waals surface area contributed by atoms with Crippen LogP contribution in [0.5, 0.6) is 0 Å². The third kappa shape index (κ3) is 6.23. The second kappa shape index (κ2) is 9.13. The van der Waals surface area contributed by atoms with E-state index in [2.05, 4.69) is 6.92 Å². The van der Waals surface area contributed by atoms with Gasteiger partial charge in [0.1, 0.15) is 0 Å². The molecular weight excluding hydrogens is 272 g/mol. The predicted octanol–water partition coefficient (Wildman–Crippen LogP) is -0.468. The number of unbranched alkanes of at least 4 members (excludes halogenated alkanes) is 1. The summed E-state index contributed by atoms with van der Waals surface area (Å²) in [5.74, 6) is -3.07. The minimum absolute atomic E-state index is 0. The van der Waals surface area contributed by atoms with E-state index in [1.165, 1.54) is 0 Å². The molecule has 4 nitrogen and oxygen atoms in total. The third-order valence-corrected chi connectivity index (χ3v) is 2.54. The number of rotatable bonds is 6. The normalized spacial score (nSPS) is 10.7. The first-order valence-corrected chi connectivity index (χ1v) is 5.78. The fourth-order valence-corrected chi connectivity index (χ4v) is 1.65. The maximum absolute atomic E-state index is 10.9. The van der Waals surface area contributed by atoms with Crippen molar-refractivity contribution in [2.45, 2.75) is 26.2 Å². The monoisotopic (exact) mass is 286 g/mol. The quantitative estimate of drug-likeness (QED) is 0.523. The summed E-state index contributed by atoms with van der Waals surface area (Å²) in [6.45, 7) is 2.06. The van der Waals surface area contributed by atoms with Crippen molar-refractivity contribution in [3.63, 3.8) is 0 Å². The van der Waals surface area contributed by atoms with Crippen molar-refractivity contribution < 1.29 is 19.8 Å². The van der Waals surface area contributed by atoms with E-state index < -0.39 is 11.9 Å². The molecule has 96 valence electrons. The van der Waals surface area contributed by atoms with Gasteiger partial charge in [-0.2, -0.15) is 0 Å². The summed E-state index contributed by atoms with van der Waals surface area (Å²) in [5, 5.41) is 21.4. The van der Waals surface area contributed by atoms with Gasteiger partial charge in [0.05, 0.1) is 11.9 Å². The number of hydrogen-bond donors (Lipinski definition) is 0. The van der Waals surface area contributed by atoms with Gasteiger partial charge in [0.25, 0.3) is 0 Å². The average Bonchev–Trinajstić information content (AvgIpc) is 2.33. The summed E-state index contributed by atoms with van der Waals surface area (Å²) in [6, 6.07) is 6.79. The molecule has 0 atom stereocenters. The Labute approximate surface area is 142 Å². The van der Waals surface area contributed by atoms with Crippen molar-refractivity contribution in [3.05, 3.63) is 41.5 Å². The molecule has 0 spiro atoms. The van der Waals surface area contributed by atoms with E-state index in [0.29, 0.717) is 11.6 Å². The van der Waals surface area contributed by atoms with Crippen LogP contribution in [-0.2, 0) is 16.0 Å². The Bertz CT molecular complexity index is 480. The molecule has 0 aliphatic carbocycles. The van der Waals surface area contributed by atoms with E-state index in [4.69, 9.17) is 0 Å².